The van der Waals surface area contributed by atoms with Crippen molar-refractivity contribution in [2.75, 3.05) is 19.7 Å². The molecule has 2 fully saturated rings. The number of amides is 2. The van der Waals surface area contributed by atoms with Crippen molar-refractivity contribution in [3.05, 3.63) is 29.8 Å². The van der Waals surface area contributed by atoms with Crippen LogP contribution in [0.2, 0.25) is 0 Å². The van der Waals surface area contributed by atoms with Crippen LogP contribution in [0.4, 0.5) is 0 Å². The van der Waals surface area contributed by atoms with Crippen LogP contribution in [-0.4, -0.2) is 42.5 Å². The first-order valence-corrected chi connectivity index (χ1v) is 9.38. The molecule has 0 bridgehead atoms. The summed E-state index contributed by atoms with van der Waals surface area (Å²) in [6.45, 7) is 5.86. The highest BCUT2D eigenvalue weighted by Crippen LogP contribution is 2.33. The number of nitrogens with one attached hydrogen (secondary N) is 1. The number of carbonyl (C=O) groups is 2. The molecule has 1 aromatic rings. The molecule has 1 aromatic carbocycles. The van der Waals surface area contributed by atoms with Crippen molar-refractivity contribution in [1.82, 2.24) is 10.2 Å². The second kappa shape index (κ2) is 7.89. The quantitative estimate of drug-likeness (QED) is 0.774. The number of rotatable bonds is 7. The molecule has 1 saturated carbocycles. The Hall–Kier alpha value is -2.04. The van der Waals surface area contributed by atoms with Crippen LogP contribution in [0.5, 0.6) is 5.75 Å². The SMILES string of the molecule is CC(C)c1ccccc1OCCNC(=O)C1CCCN1C(=O)C1CC1. The Labute approximate surface area is 149 Å². The summed E-state index contributed by atoms with van der Waals surface area (Å²) < 4.78 is 5.84. The Bertz CT molecular complexity index is 625. The van der Waals surface area contributed by atoms with Gasteiger partial charge in [0.1, 0.15) is 18.4 Å². The van der Waals surface area contributed by atoms with E-state index in [1.807, 2.05) is 18.2 Å². The Kier molecular flexibility index (Phi) is 5.61. The molecular formula is C20H28N2O3. The summed E-state index contributed by atoms with van der Waals surface area (Å²) in [5.41, 5.74) is 1.17. The van der Waals surface area contributed by atoms with Crippen LogP contribution >= 0.6 is 0 Å². The lowest BCUT2D eigenvalue weighted by molar-refractivity contribution is -0.139. The van der Waals surface area contributed by atoms with Gasteiger partial charge in [-0.2, -0.15) is 0 Å². The van der Waals surface area contributed by atoms with Crippen molar-refractivity contribution in [3.8, 4) is 5.75 Å². The molecule has 5 heteroatoms. The van der Waals surface area contributed by atoms with E-state index in [1.54, 1.807) is 4.90 Å². The molecule has 1 unspecified atom stereocenters. The molecule has 0 aromatic heterocycles. The predicted molar refractivity (Wildman–Crippen MR) is 96.5 cm³/mol. The summed E-state index contributed by atoms with van der Waals surface area (Å²) in [5, 5.41) is 2.93. The zero-order valence-corrected chi connectivity index (χ0v) is 15.2. The van der Waals surface area contributed by atoms with Crippen molar-refractivity contribution < 1.29 is 14.3 Å². The summed E-state index contributed by atoms with van der Waals surface area (Å²) in [5.74, 6) is 1.56. The number of para-hydroxylation sites is 1. The third kappa shape index (κ3) is 4.33. The lowest BCUT2D eigenvalue weighted by Gasteiger charge is -2.24. The van der Waals surface area contributed by atoms with Crippen molar-refractivity contribution >= 4 is 11.8 Å². The van der Waals surface area contributed by atoms with Gasteiger partial charge in [0.15, 0.2) is 0 Å². The minimum Gasteiger partial charge on any atom is -0.491 e. The van der Waals surface area contributed by atoms with Gasteiger partial charge in [0.2, 0.25) is 11.8 Å². The van der Waals surface area contributed by atoms with Crippen molar-refractivity contribution in [2.24, 2.45) is 5.92 Å². The van der Waals surface area contributed by atoms with Gasteiger partial charge in [0.25, 0.3) is 0 Å². The number of benzene rings is 1. The Morgan fingerprint density at radius 3 is 2.72 bits per heavy atom. The minimum absolute atomic E-state index is 0.0488. The normalized spacial score (nSPS) is 20.0. The van der Waals surface area contributed by atoms with Crippen molar-refractivity contribution in [3.63, 3.8) is 0 Å². The molecule has 1 saturated heterocycles. The maximum atomic E-state index is 12.4. The zero-order valence-electron chi connectivity index (χ0n) is 15.2. The van der Waals surface area contributed by atoms with Gasteiger partial charge >= 0.3 is 0 Å². The maximum Gasteiger partial charge on any atom is 0.242 e. The standard InChI is InChI=1S/C20H28N2O3/c1-14(2)16-6-3-4-8-18(16)25-13-11-21-19(23)17-7-5-12-22(17)20(24)15-9-10-15/h3-4,6,8,14-15,17H,5,7,9-13H2,1-2H3,(H,21,23). The number of hydrogen-bond acceptors (Lipinski definition) is 3. The van der Waals surface area contributed by atoms with Gasteiger partial charge in [-0.1, -0.05) is 32.0 Å². The van der Waals surface area contributed by atoms with Gasteiger partial charge in [-0.05, 0) is 43.2 Å². The number of nitrogens with zero attached hydrogens (tertiary/aromatic N) is 1. The lowest BCUT2D eigenvalue weighted by Crippen LogP contribution is -2.47. The highest BCUT2D eigenvalue weighted by molar-refractivity contribution is 5.89. The van der Waals surface area contributed by atoms with Gasteiger partial charge in [-0.25, -0.2) is 0 Å². The van der Waals surface area contributed by atoms with E-state index < -0.39 is 0 Å². The molecule has 1 aliphatic carbocycles. The van der Waals surface area contributed by atoms with Crippen LogP contribution in [-0.2, 0) is 9.59 Å². The predicted octanol–water partition coefficient (Wildman–Crippen LogP) is 2.71. The fourth-order valence-electron chi connectivity index (χ4n) is 3.41. The molecule has 2 aliphatic rings. The first-order valence-electron chi connectivity index (χ1n) is 9.38. The molecule has 0 spiro atoms. The minimum atomic E-state index is -0.295. The van der Waals surface area contributed by atoms with Crippen LogP contribution in [0.25, 0.3) is 0 Å². The van der Waals surface area contributed by atoms with E-state index in [0.29, 0.717) is 25.6 Å². The van der Waals surface area contributed by atoms with Crippen molar-refractivity contribution in [1.29, 1.82) is 0 Å². The van der Waals surface area contributed by atoms with Crippen LogP contribution in [0.1, 0.15) is 51.0 Å². The molecular weight excluding hydrogens is 316 g/mol. The average Bonchev–Trinajstić information content (AvgIpc) is 3.34. The van der Waals surface area contributed by atoms with Crippen LogP contribution in [0, 0.1) is 5.92 Å². The molecule has 5 nitrogen and oxygen atoms in total. The van der Waals surface area contributed by atoms with Gasteiger partial charge in [0.05, 0.1) is 6.54 Å². The second-order valence-electron chi connectivity index (χ2n) is 7.30. The van der Waals surface area contributed by atoms with Gasteiger partial charge < -0.3 is 15.0 Å². The van der Waals surface area contributed by atoms with Crippen molar-refractivity contribution in [2.45, 2.75) is 51.5 Å². The first kappa shape index (κ1) is 17.8. The molecule has 1 aliphatic heterocycles. The number of hydrogen-bond donors (Lipinski definition) is 1. The molecule has 2 amide bonds. The average molecular weight is 344 g/mol. The van der Waals surface area contributed by atoms with Crippen LogP contribution < -0.4 is 10.1 Å². The molecule has 1 heterocycles. The molecule has 25 heavy (non-hydrogen) atoms. The lowest BCUT2D eigenvalue weighted by atomic mass is 10.0. The number of likely N-dealkylation sites (tertiary alicyclic amines) is 1. The molecule has 3 rings (SSSR count). The molecule has 0 radical (unpaired) electrons. The maximum absolute atomic E-state index is 12.4. The number of carbonyl (C=O) groups excluding carboxylic acids is 2. The van der Waals surface area contributed by atoms with E-state index >= 15 is 0 Å². The zero-order chi connectivity index (χ0) is 17.8. The fourth-order valence-corrected chi connectivity index (χ4v) is 3.41. The summed E-state index contributed by atoms with van der Waals surface area (Å²) in [6.07, 6.45) is 3.63. The second-order valence-corrected chi connectivity index (χ2v) is 7.30. The van der Waals surface area contributed by atoms with Crippen LogP contribution in [0.3, 0.4) is 0 Å². The van der Waals surface area contributed by atoms with E-state index in [0.717, 1.165) is 31.4 Å². The Morgan fingerprint density at radius 2 is 2.00 bits per heavy atom. The highest BCUT2D eigenvalue weighted by Gasteiger charge is 2.40. The van der Waals surface area contributed by atoms with Gasteiger partial charge in [-0.15, -0.1) is 0 Å². The number of ether oxygens (including phenoxy) is 1. The first-order chi connectivity index (χ1) is 12.1. The van der Waals surface area contributed by atoms with E-state index in [1.165, 1.54) is 5.56 Å². The van der Waals surface area contributed by atoms with Crippen LogP contribution in [0.15, 0.2) is 24.3 Å². The fraction of sp³-hybridized carbons (Fsp3) is 0.600. The van der Waals surface area contributed by atoms with E-state index in [-0.39, 0.29) is 23.8 Å². The summed E-state index contributed by atoms with van der Waals surface area (Å²) in [4.78, 5) is 26.5. The smallest absolute Gasteiger partial charge is 0.242 e. The molecule has 136 valence electrons. The van der Waals surface area contributed by atoms with Gasteiger partial charge in [0, 0.05) is 12.5 Å². The van der Waals surface area contributed by atoms with Gasteiger partial charge in [-0.3, -0.25) is 9.59 Å². The highest BCUT2D eigenvalue weighted by atomic mass is 16.5. The summed E-state index contributed by atoms with van der Waals surface area (Å²) in [6, 6.07) is 7.70. The summed E-state index contributed by atoms with van der Waals surface area (Å²) >= 11 is 0. The Morgan fingerprint density at radius 1 is 1.24 bits per heavy atom. The third-order valence-corrected chi connectivity index (χ3v) is 4.96. The van der Waals surface area contributed by atoms with E-state index in [2.05, 4.69) is 25.2 Å². The molecule has 1 N–H and O–H groups in total. The molecule has 1 atom stereocenters. The monoisotopic (exact) mass is 344 g/mol. The summed E-state index contributed by atoms with van der Waals surface area (Å²) in [7, 11) is 0. The topological polar surface area (TPSA) is 58.6 Å². The Balaban J connectivity index is 1.46. The van der Waals surface area contributed by atoms with E-state index in [4.69, 9.17) is 4.74 Å². The van der Waals surface area contributed by atoms with E-state index in [9.17, 15) is 9.59 Å². The largest absolute Gasteiger partial charge is 0.491 e. The third-order valence-electron chi connectivity index (χ3n) is 4.96.